The van der Waals surface area contributed by atoms with Gasteiger partial charge in [-0.1, -0.05) is 23.2 Å². The van der Waals surface area contributed by atoms with Crippen molar-refractivity contribution < 1.29 is 14.6 Å². The Bertz CT molecular complexity index is 455. The summed E-state index contributed by atoms with van der Waals surface area (Å²) in [5, 5.41) is 10.0. The number of hydrogen-bond donors (Lipinski definition) is 1. The van der Waals surface area contributed by atoms with Crippen LogP contribution in [0, 0.1) is 0 Å². The fraction of sp³-hybridized carbons (Fsp3) is 0.417. The van der Waals surface area contributed by atoms with E-state index in [4.69, 9.17) is 27.9 Å². The number of ether oxygens (including phenoxy) is 1. The van der Waals surface area contributed by atoms with Crippen LogP contribution in [0.25, 0.3) is 0 Å². The van der Waals surface area contributed by atoms with Gasteiger partial charge in [0.25, 0.3) is 5.91 Å². The third-order valence-electron chi connectivity index (χ3n) is 2.90. The molecular formula is C12H13Cl2NO3. The molecule has 0 aromatic heterocycles. The predicted molar refractivity (Wildman–Crippen MR) is 69.5 cm³/mol. The van der Waals surface area contributed by atoms with Crippen molar-refractivity contribution in [1.29, 1.82) is 0 Å². The number of benzene rings is 1. The fourth-order valence-corrected chi connectivity index (χ4v) is 2.63. The fourth-order valence-electron chi connectivity index (χ4n) is 1.99. The van der Waals surface area contributed by atoms with Crippen molar-refractivity contribution in [3.63, 3.8) is 0 Å². The Morgan fingerprint density at radius 3 is 2.50 bits per heavy atom. The average molecular weight is 290 g/mol. The molecule has 1 heterocycles. The van der Waals surface area contributed by atoms with E-state index < -0.39 is 6.10 Å². The molecule has 1 aromatic rings. The molecule has 1 saturated heterocycles. The Morgan fingerprint density at radius 1 is 1.44 bits per heavy atom. The number of halogens is 2. The molecule has 4 nitrogen and oxygen atoms in total. The van der Waals surface area contributed by atoms with E-state index in [9.17, 15) is 9.90 Å². The van der Waals surface area contributed by atoms with Gasteiger partial charge in [0, 0.05) is 18.7 Å². The Morgan fingerprint density at radius 2 is 2.06 bits per heavy atom. The minimum atomic E-state index is -0.446. The molecule has 1 unspecified atom stereocenters. The molecule has 0 bridgehead atoms. The van der Waals surface area contributed by atoms with Gasteiger partial charge in [0.1, 0.15) is 0 Å². The van der Waals surface area contributed by atoms with Crippen LogP contribution in [-0.4, -0.2) is 42.2 Å². The van der Waals surface area contributed by atoms with Gasteiger partial charge >= 0.3 is 0 Å². The van der Waals surface area contributed by atoms with Crippen LogP contribution < -0.4 is 4.74 Å². The van der Waals surface area contributed by atoms with E-state index in [0.29, 0.717) is 40.9 Å². The Hall–Kier alpha value is -0.970. The summed E-state index contributed by atoms with van der Waals surface area (Å²) >= 11 is 12.0. The summed E-state index contributed by atoms with van der Waals surface area (Å²) < 4.78 is 5.02. The maximum absolute atomic E-state index is 12.2. The lowest BCUT2D eigenvalue weighted by Crippen LogP contribution is -2.29. The second-order valence-electron chi connectivity index (χ2n) is 4.17. The van der Waals surface area contributed by atoms with Crippen LogP contribution in [0.15, 0.2) is 12.1 Å². The van der Waals surface area contributed by atoms with Crippen molar-refractivity contribution in [2.24, 2.45) is 0 Å². The second kappa shape index (κ2) is 5.34. The first kappa shape index (κ1) is 13.5. The van der Waals surface area contributed by atoms with E-state index in [2.05, 4.69) is 0 Å². The van der Waals surface area contributed by atoms with Crippen molar-refractivity contribution in [2.75, 3.05) is 20.2 Å². The number of carbonyl (C=O) groups is 1. The third kappa shape index (κ3) is 2.55. The number of nitrogens with zero attached hydrogens (tertiary/aromatic N) is 1. The van der Waals surface area contributed by atoms with Gasteiger partial charge in [0.05, 0.1) is 23.3 Å². The maximum Gasteiger partial charge on any atom is 0.254 e. The zero-order valence-corrected chi connectivity index (χ0v) is 11.3. The molecule has 1 aromatic carbocycles. The van der Waals surface area contributed by atoms with Crippen molar-refractivity contribution >= 4 is 29.1 Å². The van der Waals surface area contributed by atoms with Crippen LogP contribution in [0.1, 0.15) is 16.8 Å². The largest absolute Gasteiger partial charge is 0.494 e. The summed E-state index contributed by atoms with van der Waals surface area (Å²) in [5.41, 5.74) is 0.403. The van der Waals surface area contributed by atoms with Gasteiger partial charge in [-0.15, -0.1) is 0 Å². The molecule has 18 heavy (non-hydrogen) atoms. The lowest BCUT2D eigenvalue weighted by Gasteiger charge is -2.16. The molecule has 1 N–H and O–H groups in total. The van der Waals surface area contributed by atoms with Gasteiger partial charge in [0.2, 0.25) is 0 Å². The van der Waals surface area contributed by atoms with Gasteiger partial charge in [0.15, 0.2) is 5.75 Å². The van der Waals surface area contributed by atoms with Crippen LogP contribution in [0.5, 0.6) is 5.75 Å². The molecule has 1 aliphatic heterocycles. The number of carbonyl (C=O) groups excluding carboxylic acids is 1. The lowest BCUT2D eigenvalue weighted by molar-refractivity contribution is 0.0765. The predicted octanol–water partition coefficient (Wildman–Crippen LogP) is 2.21. The van der Waals surface area contributed by atoms with Crippen LogP contribution in [0.2, 0.25) is 10.0 Å². The molecule has 1 atom stereocenters. The van der Waals surface area contributed by atoms with E-state index in [1.54, 1.807) is 4.90 Å². The smallest absolute Gasteiger partial charge is 0.254 e. The van der Waals surface area contributed by atoms with Gasteiger partial charge in [-0.25, -0.2) is 0 Å². The van der Waals surface area contributed by atoms with Crippen molar-refractivity contribution in [2.45, 2.75) is 12.5 Å². The highest BCUT2D eigenvalue weighted by molar-refractivity contribution is 6.37. The van der Waals surface area contributed by atoms with Gasteiger partial charge < -0.3 is 14.7 Å². The minimum absolute atomic E-state index is 0.182. The first-order valence-electron chi connectivity index (χ1n) is 5.53. The molecule has 0 spiro atoms. The quantitative estimate of drug-likeness (QED) is 0.908. The first-order chi connectivity index (χ1) is 8.52. The maximum atomic E-state index is 12.2. The van der Waals surface area contributed by atoms with Crippen molar-refractivity contribution in [3.05, 3.63) is 27.7 Å². The normalized spacial score (nSPS) is 19.1. The number of β-amino-alcohol motifs (C(OH)–C–C–N with tert-alkyl or cyclic N) is 1. The van der Waals surface area contributed by atoms with Crippen LogP contribution in [0.4, 0.5) is 0 Å². The molecule has 0 radical (unpaired) electrons. The Kier molecular flexibility index (Phi) is 4.00. The Balaban J connectivity index is 2.26. The van der Waals surface area contributed by atoms with Gasteiger partial charge in [-0.05, 0) is 18.6 Å². The highest BCUT2D eigenvalue weighted by Gasteiger charge is 2.26. The zero-order valence-electron chi connectivity index (χ0n) is 9.82. The van der Waals surface area contributed by atoms with E-state index in [-0.39, 0.29) is 5.91 Å². The third-order valence-corrected chi connectivity index (χ3v) is 3.46. The molecule has 1 aliphatic rings. The summed E-state index contributed by atoms with van der Waals surface area (Å²) in [5.74, 6) is 0.175. The highest BCUT2D eigenvalue weighted by atomic mass is 35.5. The second-order valence-corrected chi connectivity index (χ2v) is 4.98. The number of aliphatic hydroxyl groups is 1. The summed E-state index contributed by atoms with van der Waals surface area (Å²) in [6.45, 7) is 0.890. The monoisotopic (exact) mass is 289 g/mol. The zero-order chi connectivity index (χ0) is 13.3. The molecule has 1 fully saturated rings. The topological polar surface area (TPSA) is 49.8 Å². The van der Waals surface area contributed by atoms with Crippen molar-refractivity contribution in [3.8, 4) is 5.75 Å². The van der Waals surface area contributed by atoms with E-state index >= 15 is 0 Å². The molecule has 98 valence electrons. The molecule has 2 rings (SSSR count). The number of hydrogen-bond acceptors (Lipinski definition) is 3. The molecule has 0 aliphatic carbocycles. The lowest BCUT2D eigenvalue weighted by atomic mass is 10.2. The van der Waals surface area contributed by atoms with Crippen LogP contribution >= 0.6 is 23.2 Å². The van der Waals surface area contributed by atoms with Crippen LogP contribution in [0.3, 0.4) is 0 Å². The molecular weight excluding hydrogens is 277 g/mol. The van der Waals surface area contributed by atoms with Gasteiger partial charge in [-0.3, -0.25) is 4.79 Å². The Labute approximate surface area is 115 Å². The molecule has 0 saturated carbocycles. The number of methoxy groups -OCH3 is 1. The number of rotatable bonds is 2. The van der Waals surface area contributed by atoms with Gasteiger partial charge in [-0.2, -0.15) is 0 Å². The van der Waals surface area contributed by atoms with Crippen molar-refractivity contribution in [1.82, 2.24) is 4.90 Å². The minimum Gasteiger partial charge on any atom is -0.494 e. The average Bonchev–Trinajstić information content (AvgIpc) is 2.74. The number of amides is 1. The van der Waals surface area contributed by atoms with Crippen LogP contribution in [-0.2, 0) is 0 Å². The highest BCUT2D eigenvalue weighted by Crippen LogP contribution is 2.34. The summed E-state index contributed by atoms with van der Waals surface area (Å²) in [6, 6.07) is 3.05. The SMILES string of the molecule is COc1c(Cl)cc(C(=O)N2CCC(O)C2)cc1Cl. The first-order valence-corrected chi connectivity index (χ1v) is 6.29. The summed E-state index contributed by atoms with van der Waals surface area (Å²) in [4.78, 5) is 13.7. The van der Waals surface area contributed by atoms with E-state index in [0.717, 1.165) is 0 Å². The summed E-state index contributed by atoms with van der Waals surface area (Å²) in [6.07, 6.45) is 0.154. The van der Waals surface area contributed by atoms with E-state index in [1.807, 2.05) is 0 Å². The van der Waals surface area contributed by atoms with E-state index in [1.165, 1.54) is 19.2 Å². The standard InChI is InChI=1S/C12H13Cl2NO3/c1-18-11-9(13)4-7(5-10(11)14)12(17)15-3-2-8(16)6-15/h4-5,8,16H,2-3,6H2,1H3. The number of likely N-dealkylation sites (tertiary alicyclic amines) is 1. The number of aliphatic hydroxyl groups excluding tert-OH is 1. The summed E-state index contributed by atoms with van der Waals surface area (Å²) in [7, 11) is 1.46. The molecule has 1 amide bonds. The molecule has 6 heteroatoms.